The smallest absolute Gasteiger partial charge is 0.231 e. The summed E-state index contributed by atoms with van der Waals surface area (Å²) >= 11 is 1.38. The summed E-state index contributed by atoms with van der Waals surface area (Å²) in [7, 11) is 1.64. The minimum Gasteiger partial charge on any atom is -0.384 e. The monoisotopic (exact) mass is 243 g/mol. The van der Waals surface area contributed by atoms with Gasteiger partial charge in [0.05, 0.1) is 6.61 Å². The third kappa shape index (κ3) is 3.86. The standard InChI is InChI=1S/C10H17N3O2S/c1-10(2,3)8(14)11-9-13-12-7(16-9)5-6-15-4/h5-6H2,1-4H3,(H,11,13,14). The van der Waals surface area contributed by atoms with E-state index in [1.165, 1.54) is 11.3 Å². The Morgan fingerprint density at radius 1 is 1.44 bits per heavy atom. The summed E-state index contributed by atoms with van der Waals surface area (Å²) in [6, 6.07) is 0. The van der Waals surface area contributed by atoms with Crippen molar-refractivity contribution in [3.05, 3.63) is 5.01 Å². The summed E-state index contributed by atoms with van der Waals surface area (Å²) < 4.78 is 4.94. The average molecular weight is 243 g/mol. The van der Waals surface area contributed by atoms with E-state index in [2.05, 4.69) is 15.5 Å². The number of aromatic nitrogens is 2. The molecule has 0 bridgehead atoms. The molecule has 0 saturated heterocycles. The van der Waals surface area contributed by atoms with Crippen molar-refractivity contribution >= 4 is 22.4 Å². The van der Waals surface area contributed by atoms with Crippen LogP contribution in [0, 0.1) is 5.41 Å². The molecule has 0 atom stereocenters. The Morgan fingerprint density at radius 2 is 2.12 bits per heavy atom. The highest BCUT2D eigenvalue weighted by molar-refractivity contribution is 7.15. The molecular formula is C10H17N3O2S. The topological polar surface area (TPSA) is 64.1 Å². The molecule has 0 saturated carbocycles. The molecule has 0 spiro atoms. The van der Waals surface area contributed by atoms with Crippen LogP contribution >= 0.6 is 11.3 Å². The Morgan fingerprint density at radius 3 is 2.69 bits per heavy atom. The third-order valence-electron chi connectivity index (χ3n) is 1.89. The van der Waals surface area contributed by atoms with Crippen molar-refractivity contribution in [1.29, 1.82) is 0 Å². The highest BCUT2D eigenvalue weighted by atomic mass is 32.1. The van der Waals surface area contributed by atoms with Crippen molar-refractivity contribution in [3.63, 3.8) is 0 Å². The number of rotatable bonds is 4. The normalized spacial score (nSPS) is 11.5. The Labute approximate surface area is 99.2 Å². The lowest BCUT2D eigenvalue weighted by Crippen LogP contribution is -2.27. The van der Waals surface area contributed by atoms with Crippen LogP contribution in [0.25, 0.3) is 0 Å². The van der Waals surface area contributed by atoms with Gasteiger partial charge in [-0.2, -0.15) is 0 Å². The van der Waals surface area contributed by atoms with E-state index in [0.29, 0.717) is 11.7 Å². The minimum atomic E-state index is -0.418. The number of hydrogen-bond acceptors (Lipinski definition) is 5. The molecule has 0 fully saturated rings. The summed E-state index contributed by atoms with van der Waals surface area (Å²) in [5.41, 5.74) is -0.418. The van der Waals surface area contributed by atoms with E-state index in [9.17, 15) is 4.79 Å². The number of anilines is 1. The van der Waals surface area contributed by atoms with E-state index in [1.54, 1.807) is 7.11 Å². The second kappa shape index (κ2) is 5.36. The Hall–Kier alpha value is -1.01. The zero-order chi connectivity index (χ0) is 12.2. The number of nitrogens with zero attached hydrogens (tertiary/aromatic N) is 2. The molecule has 1 heterocycles. The van der Waals surface area contributed by atoms with Crippen molar-refractivity contribution in [3.8, 4) is 0 Å². The highest BCUT2D eigenvalue weighted by Crippen LogP contribution is 2.20. The van der Waals surface area contributed by atoms with Crippen LogP contribution in [0.15, 0.2) is 0 Å². The first-order valence-corrected chi connectivity index (χ1v) is 5.88. The third-order valence-corrected chi connectivity index (χ3v) is 2.79. The van der Waals surface area contributed by atoms with Gasteiger partial charge in [-0.15, -0.1) is 10.2 Å². The number of nitrogens with one attached hydrogen (secondary N) is 1. The van der Waals surface area contributed by atoms with E-state index < -0.39 is 5.41 Å². The van der Waals surface area contributed by atoms with Crippen molar-refractivity contribution in [1.82, 2.24) is 10.2 Å². The molecule has 5 nitrogen and oxygen atoms in total. The molecule has 1 N–H and O–H groups in total. The van der Waals surface area contributed by atoms with E-state index in [0.717, 1.165) is 11.4 Å². The van der Waals surface area contributed by atoms with Crippen LogP contribution in [-0.2, 0) is 16.0 Å². The first-order chi connectivity index (χ1) is 7.43. The van der Waals surface area contributed by atoms with Crippen LogP contribution in [0.1, 0.15) is 25.8 Å². The molecule has 0 unspecified atom stereocenters. The van der Waals surface area contributed by atoms with Gasteiger partial charge in [-0.05, 0) is 0 Å². The van der Waals surface area contributed by atoms with E-state index in [1.807, 2.05) is 20.8 Å². The molecule has 90 valence electrons. The lowest BCUT2D eigenvalue weighted by Gasteiger charge is -2.15. The molecule has 0 aliphatic carbocycles. The van der Waals surface area contributed by atoms with Crippen molar-refractivity contribution in [2.24, 2.45) is 5.41 Å². The van der Waals surface area contributed by atoms with Crippen LogP contribution in [0.3, 0.4) is 0 Å². The van der Waals surface area contributed by atoms with Gasteiger partial charge in [-0.25, -0.2) is 0 Å². The lowest BCUT2D eigenvalue weighted by atomic mass is 9.96. The van der Waals surface area contributed by atoms with Gasteiger partial charge in [-0.1, -0.05) is 32.1 Å². The molecule has 1 aromatic rings. The van der Waals surface area contributed by atoms with Gasteiger partial charge < -0.3 is 10.1 Å². The van der Waals surface area contributed by atoms with Crippen LogP contribution in [0.4, 0.5) is 5.13 Å². The number of ether oxygens (including phenoxy) is 1. The minimum absolute atomic E-state index is 0.0538. The fraction of sp³-hybridized carbons (Fsp3) is 0.700. The molecule has 0 aliphatic heterocycles. The molecule has 0 aliphatic rings. The van der Waals surface area contributed by atoms with Gasteiger partial charge >= 0.3 is 0 Å². The predicted octanol–water partition coefficient (Wildman–Crippen LogP) is 1.71. The zero-order valence-electron chi connectivity index (χ0n) is 10.0. The number of methoxy groups -OCH3 is 1. The first kappa shape index (κ1) is 13.1. The van der Waals surface area contributed by atoms with Gasteiger partial charge in [0.25, 0.3) is 0 Å². The van der Waals surface area contributed by atoms with Gasteiger partial charge in [0.15, 0.2) is 0 Å². The highest BCUT2D eigenvalue weighted by Gasteiger charge is 2.22. The molecule has 6 heteroatoms. The summed E-state index contributed by atoms with van der Waals surface area (Å²) in [4.78, 5) is 11.7. The largest absolute Gasteiger partial charge is 0.384 e. The maximum absolute atomic E-state index is 11.7. The van der Waals surface area contributed by atoms with Gasteiger partial charge in [0.2, 0.25) is 11.0 Å². The van der Waals surface area contributed by atoms with E-state index in [4.69, 9.17) is 4.74 Å². The summed E-state index contributed by atoms with van der Waals surface area (Å²) in [5.74, 6) is -0.0538. The molecule has 0 aromatic carbocycles. The maximum Gasteiger partial charge on any atom is 0.231 e. The number of amides is 1. The summed E-state index contributed by atoms with van der Waals surface area (Å²) in [6.07, 6.45) is 0.722. The second-order valence-electron chi connectivity index (χ2n) is 4.45. The summed E-state index contributed by atoms with van der Waals surface area (Å²) in [6.45, 7) is 6.18. The molecule has 0 radical (unpaired) electrons. The van der Waals surface area contributed by atoms with Crippen LogP contribution in [0.2, 0.25) is 0 Å². The number of carbonyl (C=O) groups excluding carboxylic acids is 1. The Bertz CT molecular complexity index is 357. The van der Waals surface area contributed by atoms with Crippen molar-refractivity contribution in [2.45, 2.75) is 27.2 Å². The fourth-order valence-electron chi connectivity index (χ4n) is 0.879. The van der Waals surface area contributed by atoms with Crippen molar-refractivity contribution in [2.75, 3.05) is 19.0 Å². The second-order valence-corrected chi connectivity index (χ2v) is 5.51. The lowest BCUT2D eigenvalue weighted by molar-refractivity contribution is -0.123. The zero-order valence-corrected chi connectivity index (χ0v) is 10.8. The maximum atomic E-state index is 11.7. The quantitative estimate of drug-likeness (QED) is 0.874. The molecule has 1 amide bonds. The fourth-order valence-corrected chi connectivity index (χ4v) is 1.59. The molecule has 1 aromatic heterocycles. The van der Waals surface area contributed by atoms with E-state index in [-0.39, 0.29) is 5.91 Å². The van der Waals surface area contributed by atoms with E-state index >= 15 is 0 Å². The van der Waals surface area contributed by atoms with Gasteiger partial charge in [-0.3, -0.25) is 4.79 Å². The van der Waals surface area contributed by atoms with Crippen LogP contribution < -0.4 is 5.32 Å². The average Bonchev–Trinajstić information content (AvgIpc) is 2.61. The van der Waals surface area contributed by atoms with Gasteiger partial charge in [0.1, 0.15) is 5.01 Å². The molecular weight excluding hydrogens is 226 g/mol. The number of hydrogen-bond donors (Lipinski definition) is 1. The van der Waals surface area contributed by atoms with Crippen molar-refractivity contribution < 1.29 is 9.53 Å². The Balaban J connectivity index is 2.55. The molecule has 1 rings (SSSR count). The van der Waals surface area contributed by atoms with Crippen LogP contribution in [-0.4, -0.2) is 29.8 Å². The van der Waals surface area contributed by atoms with Crippen LogP contribution in [0.5, 0.6) is 0 Å². The summed E-state index contributed by atoms with van der Waals surface area (Å²) in [5, 5.41) is 12.0. The Kier molecular flexibility index (Phi) is 4.37. The molecule has 16 heavy (non-hydrogen) atoms. The van der Waals surface area contributed by atoms with Gasteiger partial charge in [0, 0.05) is 18.9 Å². The number of carbonyl (C=O) groups is 1. The first-order valence-electron chi connectivity index (χ1n) is 5.06. The SMILES string of the molecule is COCCc1nnc(NC(=O)C(C)(C)C)s1. The predicted molar refractivity (Wildman–Crippen MR) is 63.6 cm³/mol.